The van der Waals surface area contributed by atoms with Crippen LogP contribution in [0.3, 0.4) is 0 Å². The first-order valence-electron chi connectivity index (χ1n) is 8.97. The van der Waals surface area contributed by atoms with Gasteiger partial charge in [-0.2, -0.15) is 0 Å². The number of nitrogens with zero attached hydrogens (tertiary/aromatic N) is 1. The van der Waals surface area contributed by atoms with Crippen LogP contribution in [0.1, 0.15) is 35.7 Å². The third-order valence-corrected chi connectivity index (χ3v) is 4.67. The van der Waals surface area contributed by atoms with Crippen LogP contribution in [-0.2, 0) is 0 Å². The molecule has 0 radical (unpaired) electrons. The molecule has 3 rings (SSSR count). The number of hydrogen-bond donors (Lipinski definition) is 1. The van der Waals surface area contributed by atoms with E-state index >= 15 is 0 Å². The molecule has 0 spiro atoms. The molecule has 29 heavy (non-hydrogen) atoms. The lowest BCUT2D eigenvalue weighted by atomic mass is 9.96. The molecule has 3 aromatic carbocycles. The molecule has 1 N–H and O–H groups in total. The van der Waals surface area contributed by atoms with Gasteiger partial charge >= 0.3 is 0 Å². The van der Waals surface area contributed by atoms with E-state index in [1.807, 2.05) is 12.1 Å². The topological polar surface area (TPSA) is 64.4 Å². The number of rotatable bonds is 7. The van der Waals surface area contributed by atoms with Gasteiger partial charge in [0.2, 0.25) is 0 Å². The molecule has 0 aliphatic rings. The van der Waals surface area contributed by atoms with Gasteiger partial charge in [-0.1, -0.05) is 24.3 Å². The third-order valence-electron chi connectivity index (χ3n) is 4.67. The molecule has 7 heteroatoms. The minimum atomic E-state index is -0.662. The number of halogens is 2. The predicted molar refractivity (Wildman–Crippen MR) is 106 cm³/mol. The highest BCUT2D eigenvalue weighted by Crippen LogP contribution is 2.29. The Labute approximate surface area is 167 Å². The highest BCUT2D eigenvalue weighted by atomic mass is 19.1. The molecule has 0 bridgehead atoms. The monoisotopic (exact) mass is 398 g/mol. The third kappa shape index (κ3) is 4.94. The van der Waals surface area contributed by atoms with E-state index in [0.29, 0.717) is 16.9 Å². The molecule has 1 unspecified atom stereocenters. The summed E-state index contributed by atoms with van der Waals surface area (Å²) in [5.41, 5.74) is 1.89. The van der Waals surface area contributed by atoms with Gasteiger partial charge in [0.25, 0.3) is 5.69 Å². The fraction of sp³-hybridized carbons (Fsp3) is 0.182. The van der Waals surface area contributed by atoms with Gasteiger partial charge in [-0.25, -0.2) is 8.78 Å². The fourth-order valence-electron chi connectivity index (χ4n) is 3.17. The van der Waals surface area contributed by atoms with Crippen LogP contribution < -0.4 is 10.1 Å². The zero-order chi connectivity index (χ0) is 21.0. The van der Waals surface area contributed by atoms with Crippen molar-refractivity contribution in [1.82, 2.24) is 5.32 Å². The van der Waals surface area contributed by atoms with Crippen LogP contribution in [0, 0.1) is 21.7 Å². The number of hydrogen-bond acceptors (Lipinski definition) is 4. The van der Waals surface area contributed by atoms with Crippen LogP contribution in [0.25, 0.3) is 0 Å². The van der Waals surface area contributed by atoms with Crippen LogP contribution in [0.15, 0.2) is 66.7 Å². The van der Waals surface area contributed by atoms with Crippen LogP contribution in [0.2, 0.25) is 0 Å². The van der Waals surface area contributed by atoms with Crippen molar-refractivity contribution in [2.45, 2.75) is 19.0 Å². The summed E-state index contributed by atoms with van der Waals surface area (Å²) in [6.45, 7) is 1.78. The Morgan fingerprint density at radius 1 is 0.931 bits per heavy atom. The van der Waals surface area contributed by atoms with E-state index in [2.05, 4.69) is 5.32 Å². The van der Waals surface area contributed by atoms with Crippen molar-refractivity contribution in [3.63, 3.8) is 0 Å². The lowest BCUT2D eigenvalue weighted by Gasteiger charge is -2.25. The molecule has 0 aliphatic heterocycles. The van der Waals surface area contributed by atoms with Gasteiger partial charge in [-0.05, 0) is 47.9 Å². The molecule has 0 fully saturated rings. The summed E-state index contributed by atoms with van der Waals surface area (Å²) >= 11 is 0. The maximum absolute atomic E-state index is 13.6. The van der Waals surface area contributed by atoms with Crippen molar-refractivity contribution < 1.29 is 18.4 Å². The van der Waals surface area contributed by atoms with Crippen molar-refractivity contribution in [1.29, 1.82) is 0 Å². The average molecular weight is 398 g/mol. The van der Waals surface area contributed by atoms with Gasteiger partial charge in [-0.3, -0.25) is 15.4 Å². The van der Waals surface area contributed by atoms with E-state index in [0.717, 1.165) is 11.6 Å². The molecule has 5 nitrogen and oxygen atoms in total. The first-order valence-corrected chi connectivity index (χ1v) is 8.97. The largest absolute Gasteiger partial charge is 0.497 e. The van der Waals surface area contributed by atoms with Gasteiger partial charge in [0.05, 0.1) is 18.1 Å². The Bertz CT molecular complexity index is 989. The van der Waals surface area contributed by atoms with Crippen molar-refractivity contribution in [3.8, 4) is 5.75 Å². The van der Waals surface area contributed by atoms with Gasteiger partial charge in [0.1, 0.15) is 17.4 Å². The number of methoxy groups -OCH3 is 1. The smallest absolute Gasteiger partial charge is 0.269 e. The van der Waals surface area contributed by atoms with Gasteiger partial charge in [0, 0.05) is 24.2 Å². The maximum atomic E-state index is 13.6. The predicted octanol–water partition coefficient (Wildman–Crippen LogP) is 5.32. The standard InChI is InChI=1S/C22H20F2N2O3/c1-14(17-10-18(23)13-19(24)11-17)25-22(15-6-8-21(29-2)9-7-15)16-4-3-5-20(12-16)26(27)28/h3-14,22,25H,1-2H3/t14-,22?/m1/s1. The lowest BCUT2D eigenvalue weighted by molar-refractivity contribution is -0.384. The van der Waals surface area contributed by atoms with Gasteiger partial charge in [0.15, 0.2) is 0 Å². The molecule has 0 saturated carbocycles. The van der Waals surface area contributed by atoms with Gasteiger partial charge < -0.3 is 4.74 Å². The molecular formula is C22H20F2N2O3. The second-order valence-electron chi connectivity index (χ2n) is 6.65. The molecule has 150 valence electrons. The molecule has 0 heterocycles. The Morgan fingerprint density at radius 2 is 1.59 bits per heavy atom. The summed E-state index contributed by atoms with van der Waals surface area (Å²) < 4.78 is 32.5. The number of ether oxygens (including phenoxy) is 1. The Hall–Kier alpha value is -3.32. The molecule has 3 aromatic rings. The van der Waals surface area contributed by atoms with Crippen LogP contribution in [0.5, 0.6) is 5.75 Å². The highest BCUT2D eigenvalue weighted by Gasteiger charge is 2.20. The second kappa shape index (κ2) is 8.79. The van der Waals surface area contributed by atoms with Crippen LogP contribution in [0.4, 0.5) is 14.5 Å². The Morgan fingerprint density at radius 3 is 2.17 bits per heavy atom. The van der Waals surface area contributed by atoms with Gasteiger partial charge in [-0.15, -0.1) is 0 Å². The SMILES string of the molecule is COc1ccc(C(N[C@H](C)c2cc(F)cc(F)c2)c2cccc([N+](=O)[O-])c2)cc1. The maximum Gasteiger partial charge on any atom is 0.269 e. The minimum Gasteiger partial charge on any atom is -0.497 e. The Kier molecular flexibility index (Phi) is 6.19. The zero-order valence-corrected chi connectivity index (χ0v) is 15.9. The second-order valence-corrected chi connectivity index (χ2v) is 6.65. The fourth-order valence-corrected chi connectivity index (χ4v) is 3.17. The summed E-state index contributed by atoms with van der Waals surface area (Å²) in [5.74, 6) is -0.651. The number of nitro groups is 1. The van der Waals surface area contributed by atoms with Crippen molar-refractivity contribution in [3.05, 3.63) is 105 Å². The first kappa shape index (κ1) is 20.4. The highest BCUT2D eigenvalue weighted by molar-refractivity contribution is 5.41. The number of non-ortho nitro benzene ring substituents is 1. The lowest BCUT2D eigenvalue weighted by Crippen LogP contribution is -2.26. The summed E-state index contributed by atoms with van der Waals surface area (Å²) in [7, 11) is 1.56. The van der Waals surface area contributed by atoms with Crippen LogP contribution >= 0.6 is 0 Å². The van der Waals surface area contributed by atoms with Crippen molar-refractivity contribution >= 4 is 5.69 Å². The summed E-state index contributed by atoms with van der Waals surface area (Å²) in [6, 6.07) is 16.0. The van der Waals surface area contributed by atoms with E-state index in [-0.39, 0.29) is 5.69 Å². The van der Waals surface area contributed by atoms with Crippen LogP contribution in [-0.4, -0.2) is 12.0 Å². The van der Waals surface area contributed by atoms with E-state index in [1.165, 1.54) is 24.3 Å². The molecule has 0 amide bonds. The van der Waals surface area contributed by atoms with Crippen molar-refractivity contribution in [2.24, 2.45) is 0 Å². The quantitative estimate of drug-likeness (QED) is 0.432. The molecule has 0 saturated heterocycles. The normalized spacial score (nSPS) is 13.0. The zero-order valence-electron chi connectivity index (χ0n) is 15.9. The van der Waals surface area contributed by atoms with E-state index in [1.54, 1.807) is 38.3 Å². The number of nitrogens with one attached hydrogen (secondary N) is 1. The molecule has 0 aromatic heterocycles. The van der Waals surface area contributed by atoms with E-state index in [9.17, 15) is 18.9 Å². The molecule has 2 atom stereocenters. The first-order chi connectivity index (χ1) is 13.9. The van der Waals surface area contributed by atoms with E-state index in [4.69, 9.17) is 4.74 Å². The Balaban J connectivity index is 1.99. The number of nitro benzene ring substituents is 1. The minimum absolute atomic E-state index is 0.0349. The summed E-state index contributed by atoms with van der Waals surface area (Å²) in [4.78, 5) is 10.7. The number of benzene rings is 3. The average Bonchev–Trinajstić information content (AvgIpc) is 2.71. The molecular weight excluding hydrogens is 378 g/mol. The van der Waals surface area contributed by atoms with Crippen molar-refractivity contribution in [2.75, 3.05) is 7.11 Å². The van der Waals surface area contributed by atoms with E-state index < -0.39 is 28.6 Å². The summed E-state index contributed by atoms with van der Waals surface area (Å²) in [6.07, 6.45) is 0. The molecule has 0 aliphatic carbocycles. The summed E-state index contributed by atoms with van der Waals surface area (Å²) in [5, 5.41) is 14.5.